The molecule has 0 spiro atoms. The molecule has 0 bridgehead atoms. The zero-order valence-corrected chi connectivity index (χ0v) is 19.1. The summed E-state index contributed by atoms with van der Waals surface area (Å²) in [5.74, 6) is -0.236. The smallest absolute Gasteiger partial charge is 0.310 e. The molecule has 0 saturated heterocycles. The van der Waals surface area contributed by atoms with Crippen molar-refractivity contribution in [2.45, 2.75) is 17.1 Å². The molecular weight excluding hydrogens is 472 g/mol. The van der Waals surface area contributed by atoms with Gasteiger partial charge < -0.3 is 9.47 Å². The van der Waals surface area contributed by atoms with Crippen molar-refractivity contribution in [2.24, 2.45) is 0 Å². The van der Waals surface area contributed by atoms with E-state index in [0.29, 0.717) is 38.5 Å². The molecule has 0 aliphatic carbocycles. The number of esters is 1. The number of carbonyl (C=O) groups is 2. The third-order valence-corrected chi connectivity index (χ3v) is 5.13. The largest absolute Gasteiger partial charge is 0.497 e. The molecule has 0 amide bonds. The number of benzene rings is 2. The van der Waals surface area contributed by atoms with E-state index in [1.807, 2.05) is 0 Å². The minimum Gasteiger partial charge on any atom is -0.497 e. The summed E-state index contributed by atoms with van der Waals surface area (Å²) in [5.41, 5.74) is 2.32. The summed E-state index contributed by atoms with van der Waals surface area (Å²) in [7, 11) is 1.54. The van der Waals surface area contributed by atoms with Crippen LogP contribution >= 0.6 is 46.4 Å². The topological polar surface area (TPSA) is 57.5 Å². The van der Waals surface area contributed by atoms with Gasteiger partial charge in [-0.25, -0.2) is 0 Å². The number of rotatable bonds is 5. The second-order valence-corrected chi connectivity index (χ2v) is 9.50. The maximum absolute atomic E-state index is 13.2. The van der Waals surface area contributed by atoms with Crippen molar-refractivity contribution in [3.8, 4) is 5.75 Å². The van der Waals surface area contributed by atoms with E-state index < -0.39 is 9.76 Å². The molecule has 0 saturated carbocycles. The van der Waals surface area contributed by atoms with Crippen molar-refractivity contribution in [1.82, 2.24) is 4.57 Å². The molecule has 0 unspecified atom stereocenters. The van der Waals surface area contributed by atoms with Gasteiger partial charge in [0.2, 0.25) is 3.79 Å². The summed E-state index contributed by atoms with van der Waals surface area (Å²) in [4.78, 5) is 25.6. The van der Waals surface area contributed by atoms with Crippen molar-refractivity contribution in [1.29, 1.82) is 0 Å². The summed E-state index contributed by atoms with van der Waals surface area (Å²) in [6.07, 6.45) is -0.100. The molecule has 3 rings (SSSR count). The number of nitrogens with zero attached hydrogens (tertiary/aromatic N) is 1. The number of alkyl halides is 3. The first-order chi connectivity index (χ1) is 14.1. The maximum Gasteiger partial charge on any atom is 0.310 e. The summed E-state index contributed by atoms with van der Waals surface area (Å²) in [5, 5.41) is 1.22. The lowest BCUT2D eigenvalue weighted by Crippen LogP contribution is -2.19. The molecule has 0 aliphatic rings. The third-order valence-electron chi connectivity index (χ3n) is 4.55. The zero-order chi connectivity index (χ0) is 22.1. The normalized spacial score (nSPS) is 11.5. The van der Waals surface area contributed by atoms with Crippen molar-refractivity contribution in [2.75, 3.05) is 13.7 Å². The average molecular weight is 489 g/mol. The van der Waals surface area contributed by atoms with Crippen LogP contribution in [0.1, 0.15) is 21.6 Å². The Labute approximate surface area is 193 Å². The highest BCUT2D eigenvalue weighted by Gasteiger charge is 2.25. The third kappa shape index (κ3) is 5.03. The van der Waals surface area contributed by atoms with Gasteiger partial charge in [0.25, 0.3) is 5.91 Å². The van der Waals surface area contributed by atoms with E-state index in [2.05, 4.69) is 0 Å². The maximum atomic E-state index is 13.2. The van der Waals surface area contributed by atoms with E-state index in [9.17, 15) is 9.59 Å². The zero-order valence-electron chi connectivity index (χ0n) is 16.0. The van der Waals surface area contributed by atoms with E-state index in [1.54, 1.807) is 61.1 Å². The van der Waals surface area contributed by atoms with Crippen LogP contribution in [0.4, 0.5) is 0 Å². The van der Waals surface area contributed by atoms with Gasteiger partial charge in [-0.05, 0) is 55.0 Å². The first kappa shape index (κ1) is 22.8. The molecule has 5 nitrogen and oxygen atoms in total. The van der Waals surface area contributed by atoms with Crippen LogP contribution in [0.15, 0.2) is 42.5 Å². The lowest BCUT2D eigenvalue weighted by Gasteiger charge is -2.11. The Bertz CT molecular complexity index is 1100. The van der Waals surface area contributed by atoms with Crippen LogP contribution in [0.2, 0.25) is 5.02 Å². The second-order valence-electron chi connectivity index (χ2n) is 6.55. The minimum absolute atomic E-state index is 0.100. The first-order valence-electron chi connectivity index (χ1n) is 8.81. The standard InChI is InChI=1S/C21H17Cl4NO4/c1-12-16(10-19(27)30-11-21(23,24)25)17-9-15(29-2)7-8-18(17)26(12)20(28)13-3-5-14(22)6-4-13/h3-9H,10-11H2,1-2H3. The Morgan fingerprint density at radius 3 is 2.33 bits per heavy atom. The van der Waals surface area contributed by atoms with Crippen LogP contribution in [-0.4, -0.2) is 34.0 Å². The summed E-state index contributed by atoms with van der Waals surface area (Å²) in [6.45, 7) is 1.39. The second kappa shape index (κ2) is 9.06. The summed E-state index contributed by atoms with van der Waals surface area (Å²) < 4.78 is 10.2. The van der Waals surface area contributed by atoms with Crippen LogP contribution in [0.5, 0.6) is 5.75 Å². The summed E-state index contributed by atoms with van der Waals surface area (Å²) in [6, 6.07) is 11.9. The molecule has 30 heavy (non-hydrogen) atoms. The number of fused-ring (bicyclic) bond motifs is 1. The molecule has 158 valence electrons. The van der Waals surface area contributed by atoms with E-state index in [1.165, 1.54) is 0 Å². The molecule has 3 aromatic rings. The minimum atomic E-state index is -1.70. The molecule has 9 heteroatoms. The van der Waals surface area contributed by atoms with Crippen molar-refractivity contribution >= 4 is 69.2 Å². The van der Waals surface area contributed by atoms with Gasteiger partial charge >= 0.3 is 5.97 Å². The quantitative estimate of drug-likeness (QED) is 0.338. The molecule has 0 atom stereocenters. The van der Waals surface area contributed by atoms with Crippen LogP contribution in [0, 0.1) is 6.92 Å². The lowest BCUT2D eigenvalue weighted by molar-refractivity contribution is -0.142. The van der Waals surface area contributed by atoms with Gasteiger partial charge in [0.05, 0.1) is 19.0 Å². The number of carbonyl (C=O) groups excluding carboxylic acids is 2. The van der Waals surface area contributed by atoms with Crippen molar-refractivity contribution in [3.05, 3.63) is 64.3 Å². The van der Waals surface area contributed by atoms with Gasteiger partial charge in [0.15, 0.2) is 0 Å². The van der Waals surface area contributed by atoms with Gasteiger partial charge in [-0.3, -0.25) is 14.2 Å². The van der Waals surface area contributed by atoms with Gasteiger partial charge in [-0.1, -0.05) is 46.4 Å². The Balaban J connectivity index is 2.06. The number of methoxy groups -OCH3 is 1. The number of halogens is 4. The predicted molar refractivity (Wildman–Crippen MR) is 119 cm³/mol. The van der Waals surface area contributed by atoms with Crippen LogP contribution < -0.4 is 4.74 Å². The molecule has 1 aromatic heterocycles. The Kier molecular flexibility index (Phi) is 6.88. The van der Waals surface area contributed by atoms with Crippen molar-refractivity contribution < 1.29 is 19.1 Å². The van der Waals surface area contributed by atoms with Gasteiger partial charge in [-0.2, -0.15) is 0 Å². The molecular formula is C21H17Cl4NO4. The van der Waals surface area contributed by atoms with Gasteiger partial charge in [0, 0.05) is 21.7 Å². The van der Waals surface area contributed by atoms with Crippen LogP contribution in [-0.2, 0) is 16.0 Å². The Morgan fingerprint density at radius 1 is 1.07 bits per heavy atom. The van der Waals surface area contributed by atoms with Crippen LogP contribution in [0.25, 0.3) is 10.9 Å². The first-order valence-corrected chi connectivity index (χ1v) is 10.3. The number of hydrogen-bond acceptors (Lipinski definition) is 4. The van der Waals surface area contributed by atoms with Gasteiger partial charge in [-0.15, -0.1) is 0 Å². The Morgan fingerprint density at radius 2 is 1.73 bits per heavy atom. The SMILES string of the molecule is COc1ccc2c(c1)c(CC(=O)OCC(Cl)(Cl)Cl)c(C)n2C(=O)c1ccc(Cl)cc1. The van der Waals surface area contributed by atoms with E-state index in [4.69, 9.17) is 55.9 Å². The number of ether oxygens (including phenoxy) is 2. The highest BCUT2D eigenvalue weighted by atomic mass is 35.6. The van der Waals surface area contributed by atoms with Gasteiger partial charge in [0.1, 0.15) is 12.4 Å². The van der Waals surface area contributed by atoms with E-state index in [-0.39, 0.29) is 18.9 Å². The average Bonchev–Trinajstić information content (AvgIpc) is 2.96. The Hall–Kier alpha value is -1.92. The molecule has 0 N–H and O–H groups in total. The fourth-order valence-corrected chi connectivity index (χ4v) is 3.44. The van der Waals surface area contributed by atoms with Crippen LogP contribution in [0.3, 0.4) is 0 Å². The number of hydrogen-bond donors (Lipinski definition) is 0. The molecule has 2 aromatic carbocycles. The molecule has 0 aliphatic heterocycles. The highest BCUT2D eigenvalue weighted by molar-refractivity contribution is 6.67. The van der Waals surface area contributed by atoms with Crippen molar-refractivity contribution in [3.63, 3.8) is 0 Å². The fraction of sp³-hybridized carbons (Fsp3) is 0.238. The highest BCUT2D eigenvalue weighted by Crippen LogP contribution is 2.31. The predicted octanol–water partition coefficient (Wildman–Crippen LogP) is 5.76. The molecule has 1 heterocycles. The summed E-state index contributed by atoms with van der Waals surface area (Å²) >= 11 is 22.9. The van der Waals surface area contributed by atoms with E-state index >= 15 is 0 Å². The molecule has 0 fully saturated rings. The number of aromatic nitrogens is 1. The fourth-order valence-electron chi connectivity index (χ4n) is 3.15. The van der Waals surface area contributed by atoms with E-state index in [0.717, 1.165) is 0 Å². The monoisotopic (exact) mass is 487 g/mol. The lowest BCUT2D eigenvalue weighted by atomic mass is 10.1. The molecule has 0 radical (unpaired) electrons.